The van der Waals surface area contributed by atoms with Gasteiger partial charge in [-0.05, 0) is 37.8 Å². The summed E-state index contributed by atoms with van der Waals surface area (Å²) in [6.07, 6.45) is 2.06. The van der Waals surface area contributed by atoms with Crippen molar-refractivity contribution in [2.75, 3.05) is 0 Å². The van der Waals surface area contributed by atoms with Crippen LogP contribution in [0.1, 0.15) is 36.2 Å². The van der Waals surface area contributed by atoms with Crippen LogP contribution in [-0.4, -0.2) is 31.4 Å². The molecule has 9 heteroatoms. The van der Waals surface area contributed by atoms with Crippen LogP contribution in [0.4, 0.5) is 0 Å². The van der Waals surface area contributed by atoms with Gasteiger partial charge in [0.05, 0.1) is 0 Å². The van der Waals surface area contributed by atoms with E-state index in [9.17, 15) is 18.0 Å². The minimum atomic E-state index is -3.91. The summed E-state index contributed by atoms with van der Waals surface area (Å²) in [5.74, 6) is -2.35. The number of nitrogens with one attached hydrogen (secondary N) is 1. The number of primary amides is 1. The van der Waals surface area contributed by atoms with Gasteiger partial charge in [-0.3, -0.25) is 4.79 Å². The summed E-state index contributed by atoms with van der Waals surface area (Å²) in [6.45, 7) is 0. The zero-order chi connectivity index (χ0) is 15.6. The molecular weight excluding hydrogens is 300 g/mol. The van der Waals surface area contributed by atoms with Crippen LogP contribution in [0.5, 0.6) is 0 Å². The van der Waals surface area contributed by atoms with Crippen molar-refractivity contribution in [2.45, 2.75) is 36.8 Å². The first-order valence-electron chi connectivity index (χ1n) is 6.44. The highest BCUT2D eigenvalue weighted by molar-refractivity contribution is 7.89. The number of hydrogen-bond donors (Lipinski definition) is 3. The molecule has 0 saturated heterocycles. The van der Waals surface area contributed by atoms with E-state index in [0.29, 0.717) is 25.7 Å². The summed E-state index contributed by atoms with van der Waals surface area (Å²) in [5, 5.41) is 8.28. The van der Waals surface area contributed by atoms with Crippen LogP contribution in [0.2, 0.25) is 0 Å². The van der Waals surface area contributed by atoms with Crippen molar-refractivity contribution in [1.82, 2.24) is 4.72 Å². The van der Waals surface area contributed by atoms with Gasteiger partial charge in [0.25, 0.3) is 10.0 Å². The lowest BCUT2D eigenvalue weighted by molar-refractivity contribution is -0.122. The Morgan fingerprint density at radius 2 is 1.86 bits per heavy atom. The summed E-state index contributed by atoms with van der Waals surface area (Å²) >= 11 is 0. The summed E-state index contributed by atoms with van der Waals surface area (Å²) in [6, 6.07) is 1.87. The molecule has 0 radical (unpaired) electrons. The number of rotatable bonds is 5. The third-order valence-corrected chi connectivity index (χ3v) is 4.90. The number of furan rings is 1. The fraction of sp³-hybridized carbons (Fsp3) is 0.500. The van der Waals surface area contributed by atoms with Gasteiger partial charge >= 0.3 is 5.97 Å². The molecule has 2 rings (SSSR count). The quantitative estimate of drug-likeness (QED) is 0.713. The lowest BCUT2D eigenvalue weighted by Gasteiger charge is -2.26. The zero-order valence-electron chi connectivity index (χ0n) is 11.1. The third kappa shape index (κ3) is 3.61. The molecule has 1 heterocycles. The van der Waals surface area contributed by atoms with Gasteiger partial charge in [0.1, 0.15) is 0 Å². The standard InChI is InChI=1S/C12H16N2O6S/c13-11(15)7-1-3-8(4-2-7)14-21(18,19)10-6-5-9(20-10)12(16)17/h5-8,14H,1-4H2,(H2,13,15)(H,16,17). The summed E-state index contributed by atoms with van der Waals surface area (Å²) in [7, 11) is -3.91. The molecule has 0 unspecified atom stereocenters. The molecule has 0 spiro atoms. The molecule has 1 saturated carbocycles. The molecule has 21 heavy (non-hydrogen) atoms. The number of sulfonamides is 1. The van der Waals surface area contributed by atoms with Gasteiger partial charge in [-0.2, -0.15) is 0 Å². The molecule has 0 aromatic carbocycles. The van der Waals surface area contributed by atoms with Crippen LogP contribution in [0.15, 0.2) is 21.6 Å². The first-order valence-corrected chi connectivity index (χ1v) is 7.92. The number of amides is 1. The van der Waals surface area contributed by atoms with E-state index in [1.54, 1.807) is 0 Å². The Morgan fingerprint density at radius 1 is 1.24 bits per heavy atom. The van der Waals surface area contributed by atoms with E-state index >= 15 is 0 Å². The second-order valence-corrected chi connectivity index (χ2v) is 6.64. The molecule has 1 aromatic heterocycles. The number of aromatic carboxylic acids is 1. The molecule has 116 valence electrons. The molecule has 0 atom stereocenters. The normalized spacial score (nSPS) is 22.9. The molecule has 4 N–H and O–H groups in total. The zero-order valence-corrected chi connectivity index (χ0v) is 11.9. The van der Waals surface area contributed by atoms with Gasteiger partial charge in [-0.25, -0.2) is 17.9 Å². The average Bonchev–Trinajstić information content (AvgIpc) is 2.89. The molecule has 1 fully saturated rings. The fourth-order valence-electron chi connectivity index (χ4n) is 2.35. The van der Waals surface area contributed by atoms with E-state index in [1.165, 1.54) is 0 Å². The van der Waals surface area contributed by atoms with Crippen LogP contribution in [0.3, 0.4) is 0 Å². The molecule has 8 nitrogen and oxygen atoms in total. The first-order chi connectivity index (χ1) is 9.79. The Labute approximate surface area is 121 Å². The molecular formula is C12H16N2O6S. The maximum Gasteiger partial charge on any atom is 0.371 e. The topological polar surface area (TPSA) is 140 Å². The Hall–Kier alpha value is -1.87. The van der Waals surface area contributed by atoms with Gasteiger partial charge in [-0.15, -0.1) is 0 Å². The van der Waals surface area contributed by atoms with Crippen LogP contribution in [-0.2, 0) is 14.8 Å². The fourth-order valence-corrected chi connectivity index (χ4v) is 3.59. The summed E-state index contributed by atoms with van der Waals surface area (Å²) < 4.78 is 31.4. The largest absolute Gasteiger partial charge is 0.475 e. The van der Waals surface area contributed by atoms with Gasteiger partial charge in [-0.1, -0.05) is 0 Å². The van der Waals surface area contributed by atoms with Crippen molar-refractivity contribution >= 4 is 21.9 Å². The smallest absolute Gasteiger partial charge is 0.371 e. The maximum atomic E-state index is 12.1. The molecule has 0 aliphatic heterocycles. The van der Waals surface area contributed by atoms with Gasteiger partial charge in [0, 0.05) is 12.0 Å². The van der Waals surface area contributed by atoms with E-state index in [-0.39, 0.29) is 17.9 Å². The number of carbonyl (C=O) groups excluding carboxylic acids is 1. The second-order valence-electron chi connectivity index (χ2n) is 5.00. The van der Waals surface area contributed by atoms with Crippen LogP contribution in [0, 0.1) is 5.92 Å². The summed E-state index contributed by atoms with van der Waals surface area (Å²) in [5.41, 5.74) is 5.21. The maximum absolute atomic E-state index is 12.1. The van der Waals surface area contributed by atoms with Gasteiger partial charge in [0.2, 0.25) is 16.8 Å². The third-order valence-electron chi connectivity index (χ3n) is 3.51. The molecule has 1 aliphatic rings. The first kappa shape index (κ1) is 15.5. The highest BCUT2D eigenvalue weighted by Gasteiger charge is 2.29. The molecule has 1 aromatic rings. The molecule has 1 aliphatic carbocycles. The monoisotopic (exact) mass is 316 g/mol. The van der Waals surface area contributed by atoms with Crippen molar-refractivity contribution in [3.05, 3.63) is 17.9 Å². The highest BCUT2D eigenvalue weighted by Crippen LogP contribution is 2.25. The van der Waals surface area contributed by atoms with E-state index in [2.05, 4.69) is 4.72 Å². The van der Waals surface area contributed by atoms with Gasteiger partial charge in [0.15, 0.2) is 0 Å². The molecule has 0 bridgehead atoms. The number of hydrogen-bond acceptors (Lipinski definition) is 5. The Morgan fingerprint density at radius 3 is 2.33 bits per heavy atom. The van der Waals surface area contributed by atoms with Crippen LogP contribution >= 0.6 is 0 Å². The number of carboxylic acids is 1. The number of nitrogens with two attached hydrogens (primary N) is 1. The van der Waals surface area contributed by atoms with Crippen molar-refractivity contribution in [3.8, 4) is 0 Å². The number of carboxylic acid groups (broad SMARTS) is 1. The van der Waals surface area contributed by atoms with Gasteiger partial charge < -0.3 is 15.3 Å². The van der Waals surface area contributed by atoms with E-state index in [0.717, 1.165) is 12.1 Å². The van der Waals surface area contributed by atoms with Crippen molar-refractivity contribution in [3.63, 3.8) is 0 Å². The van der Waals surface area contributed by atoms with Crippen molar-refractivity contribution in [2.24, 2.45) is 11.7 Å². The molecule has 1 amide bonds. The van der Waals surface area contributed by atoms with E-state index in [1.807, 2.05) is 0 Å². The van der Waals surface area contributed by atoms with Crippen LogP contribution in [0.25, 0.3) is 0 Å². The highest BCUT2D eigenvalue weighted by atomic mass is 32.2. The van der Waals surface area contributed by atoms with E-state index < -0.39 is 26.8 Å². The van der Waals surface area contributed by atoms with Crippen molar-refractivity contribution < 1.29 is 27.5 Å². The minimum absolute atomic E-state index is 0.215. The minimum Gasteiger partial charge on any atom is -0.475 e. The number of carbonyl (C=O) groups is 2. The Balaban J connectivity index is 2.01. The summed E-state index contributed by atoms with van der Waals surface area (Å²) in [4.78, 5) is 21.7. The van der Waals surface area contributed by atoms with E-state index in [4.69, 9.17) is 15.3 Å². The van der Waals surface area contributed by atoms with Crippen molar-refractivity contribution in [1.29, 1.82) is 0 Å². The Bertz CT molecular complexity index is 642. The second kappa shape index (κ2) is 5.86. The lowest BCUT2D eigenvalue weighted by Crippen LogP contribution is -2.39. The predicted molar refractivity (Wildman–Crippen MR) is 70.9 cm³/mol. The Kier molecular flexibility index (Phi) is 4.33. The lowest BCUT2D eigenvalue weighted by atomic mass is 9.86. The SMILES string of the molecule is NC(=O)C1CCC(NS(=O)(=O)c2ccc(C(=O)O)o2)CC1. The average molecular weight is 316 g/mol. The predicted octanol–water partition coefficient (Wildman–Crippen LogP) is 0.300. The van der Waals surface area contributed by atoms with Crippen LogP contribution < -0.4 is 10.5 Å².